The molecule has 0 atom stereocenters. The number of benzene rings is 2. The van der Waals surface area contributed by atoms with Crippen LogP contribution in [0.3, 0.4) is 0 Å². The third kappa shape index (κ3) is 2.28. The first kappa shape index (κ1) is 14.3. The van der Waals surface area contributed by atoms with E-state index in [1.165, 1.54) is 12.1 Å². The molecule has 0 saturated heterocycles. The molecule has 6 heteroatoms. The normalized spacial score (nSPS) is 14.9. The topological polar surface area (TPSA) is 78.0 Å². The van der Waals surface area contributed by atoms with E-state index in [1.807, 2.05) is 34.9 Å². The second kappa shape index (κ2) is 5.42. The van der Waals surface area contributed by atoms with Crippen LogP contribution in [0.2, 0.25) is 0 Å². The van der Waals surface area contributed by atoms with Gasteiger partial charge in [-0.2, -0.15) is 4.98 Å². The van der Waals surface area contributed by atoms with Crippen molar-refractivity contribution < 1.29 is 4.92 Å². The summed E-state index contributed by atoms with van der Waals surface area (Å²) in [6.07, 6.45) is 2.61. The fourth-order valence-corrected chi connectivity index (χ4v) is 3.10. The molecule has 0 amide bonds. The van der Waals surface area contributed by atoms with Crippen LogP contribution in [0.5, 0.6) is 0 Å². The summed E-state index contributed by atoms with van der Waals surface area (Å²) in [4.78, 5) is 27.0. The zero-order valence-electron chi connectivity index (χ0n) is 12.7. The van der Waals surface area contributed by atoms with Crippen molar-refractivity contribution in [3.05, 3.63) is 80.4 Å². The number of hydrogen-bond acceptors (Lipinski definition) is 4. The first-order valence-electron chi connectivity index (χ1n) is 7.58. The number of nitrogens with zero attached hydrogens (tertiary/aromatic N) is 3. The number of fused-ring (bicyclic) bond motifs is 3. The molecule has 2 aromatic carbocycles. The smallest absolute Gasteiger partial charge is 0.281 e. The summed E-state index contributed by atoms with van der Waals surface area (Å²) >= 11 is 0. The highest BCUT2D eigenvalue weighted by Gasteiger charge is 2.20. The molecule has 24 heavy (non-hydrogen) atoms. The number of para-hydroxylation sites is 1. The van der Waals surface area contributed by atoms with Crippen molar-refractivity contribution in [1.82, 2.24) is 9.55 Å². The van der Waals surface area contributed by atoms with Crippen molar-refractivity contribution in [1.29, 1.82) is 0 Å². The summed E-state index contributed by atoms with van der Waals surface area (Å²) in [5.74, 6) is 0.644. The SMILES string of the molecule is O=c1nc2n(c3ccccc13)CCC2=Cc1cccc([N+](=O)[O-])c1. The van der Waals surface area contributed by atoms with Gasteiger partial charge < -0.3 is 4.57 Å². The van der Waals surface area contributed by atoms with E-state index in [9.17, 15) is 14.9 Å². The molecule has 6 nitrogen and oxygen atoms in total. The molecule has 0 spiro atoms. The van der Waals surface area contributed by atoms with Gasteiger partial charge in [0.2, 0.25) is 0 Å². The van der Waals surface area contributed by atoms with E-state index < -0.39 is 4.92 Å². The predicted octanol–water partition coefficient (Wildman–Crippen LogP) is 3.25. The molecule has 2 heterocycles. The average Bonchev–Trinajstić information content (AvgIpc) is 2.98. The van der Waals surface area contributed by atoms with Gasteiger partial charge in [0.25, 0.3) is 11.2 Å². The van der Waals surface area contributed by atoms with E-state index in [-0.39, 0.29) is 11.2 Å². The molecule has 0 fully saturated rings. The Kier molecular flexibility index (Phi) is 3.23. The Morgan fingerprint density at radius 1 is 1.17 bits per heavy atom. The number of allylic oxidation sites excluding steroid dienone is 1. The van der Waals surface area contributed by atoms with Crippen molar-refractivity contribution in [3.63, 3.8) is 0 Å². The van der Waals surface area contributed by atoms with E-state index in [1.54, 1.807) is 12.1 Å². The van der Waals surface area contributed by atoms with Crippen LogP contribution in [0, 0.1) is 10.1 Å². The summed E-state index contributed by atoms with van der Waals surface area (Å²) in [7, 11) is 0. The summed E-state index contributed by atoms with van der Waals surface area (Å²) < 4.78 is 2.03. The second-order valence-electron chi connectivity index (χ2n) is 5.68. The minimum atomic E-state index is -0.416. The van der Waals surface area contributed by atoms with Crippen LogP contribution in [0.15, 0.2) is 53.3 Å². The lowest BCUT2D eigenvalue weighted by Gasteiger charge is -2.07. The van der Waals surface area contributed by atoms with E-state index in [0.29, 0.717) is 11.2 Å². The number of aromatic nitrogens is 2. The van der Waals surface area contributed by atoms with Gasteiger partial charge in [-0.05, 0) is 35.8 Å². The molecule has 0 radical (unpaired) electrons. The van der Waals surface area contributed by atoms with Gasteiger partial charge in [-0.3, -0.25) is 14.9 Å². The number of hydrogen-bond donors (Lipinski definition) is 0. The minimum Gasteiger partial charge on any atom is -0.325 e. The quantitative estimate of drug-likeness (QED) is 0.536. The highest BCUT2D eigenvalue weighted by Crippen LogP contribution is 2.30. The number of nitro benzene ring substituents is 1. The molecule has 0 saturated carbocycles. The maximum absolute atomic E-state index is 12.2. The van der Waals surface area contributed by atoms with Gasteiger partial charge in [0.1, 0.15) is 5.82 Å². The molecule has 4 rings (SSSR count). The predicted molar refractivity (Wildman–Crippen MR) is 91.6 cm³/mol. The Balaban J connectivity index is 1.86. The highest BCUT2D eigenvalue weighted by molar-refractivity contribution is 5.85. The van der Waals surface area contributed by atoms with Gasteiger partial charge in [-0.15, -0.1) is 0 Å². The van der Waals surface area contributed by atoms with Gasteiger partial charge in [0.05, 0.1) is 15.8 Å². The van der Waals surface area contributed by atoms with Crippen LogP contribution in [-0.4, -0.2) is 14.5 Å². The fraction of sp³-hybridized carbons (Fsp3) is 0.111. The molecule has 1 aliphatic rings. The maximum atomic E-state index is 12.2. The van der Waals surface area contributed by atoms with Crippen molar-refractivity contribution in [2.24, 2.45) is 0 Å². The van der Waals surface area contributed by atoms with Gasteiger partial charge in [-0.25, -0.2) is 0 Å². The zero-order valence-corrected chi connectivity index (χ0v) is 12.7. The first-order chi connectivity index (χ1) is 11.6. The van der Waals surface area contributed by atoms with Crippen LogP contribution in [0.4, 0.5) is 5.69 Å². The standard InChI is InChI=1S/C18H13N3O3/c22-18-15-6-1-2-7-16(15)20-9-8-13(17(20)19-18)10-12-4-3-5-14(11-12)21(23)24/h1-7,10-11H,8-9H2. The molecule has 0 aliphatic carbocycles. The minimum absolute atomic E-state index is 0.0474. The molecular weight excluding hydrogens is 306 g/mol. The van der Waals surface area contributed by atoms with Gasteiger partial charge in [-0.1, -0.05) is 24.3 Å². The van der Waals surface area contributed by atoms with Crippen LogP contribution >= 0.6 is 0 Å². The summed E-state index contributed by atoms with van der Waals surface area (Å²) in [5.41, 5.74) is 2.32. The molecule has 0 N–H and O–H groups in total. The summed E-state index contributed by atoms with van der Waals surface area (Å²) in [6.45, 7) is 0.740. The number of non-ortho nitro benzene ring substituents is 1. The van der Waals surface area contributed by atoms with Gasteiger partial charge in [0.15, 0.2) is 0 Å². The Bertz CT molecular complexity index is 1070. The van der Waals surface area contributed by atoms with Crippen LogP contribution in [-0.2, 0) is 6.54 Å². The maximum Gasteiger partial charge on any atom is 0.281 e. The summed E-state index contributed by atoms with van der Waals surface area (Å²) in [5, 5.41) is 11.5. The number of nitro groups is 1. The van der Waals surface area contributed by atoms with Crippen molar-refractivity contribution in [2.75, 3.05) is 0 Å². The van der Waals surface area contributed by atoms with E-state index in [4.69, 9.17) is 0 Å². The van der Waals surface area contributed by atoms with Crippen molar-refractivity contribution in [2.45, 2.75) is 13.0 Å². The van der Waals surface area contributed by atoms with Gasteiger partial charge in [0, 0.05) is 18.7 Å². The zero-order chi connectivity index (χ0) is 16.7. The van der Waals surface area contributed by atoms with E-state index >= 15 is 0 Å². The third-order valence-corrected chi connectivity index (χ3v) is 4.20. The van der Waals surface area contributed by atoms with Crippen LogP contribution < -0.4 is 5.56 Å². The van der Waals surface area contributed by atoms with Crippen molar-refractivity contribution in [3.8, 4) is 0 Å². The molecular formula is C18H13N3O3. The number of aryl methyl sites for hydroxylation is 1. The largest absolute Gasteiger partial charge is 0.325 e. The third-order valence-electron chi connectivity index (χ3n) is 4.20. The molecule has 3 aromatic rings. The Morgan fingerprint density at radius 3 is 2.83 bits per heavy atom. The molecule has 1 aliphatic heterocycles. The lowest BCUT2D eigenvalue weighted by atomic mass is 10.1. The molecule has 118 valence electrons. The van der Waals surface area contributed by atoms with Crippen molar-refractivity contribution >= 4 is 28.2 Å². The Morgan fingerprint density at radius 2 is 2.00 bits per heavy atom. The average molecular weight is 319 g/mol. The van der Waals surface area contributed by atoms with Crippen LogP contribution in [0.25, 0.3) is 22.6 Å². The van der Waals surface area contributed by atoms with Crippen LogP contribution in [0.1, 0.15) is 17.8 Å². The van der Waals surface area contributed by atoms with E-state index in [0.717, 1.165) is 29.6 Å². The molecule has 0 bridgehead atoms. The Hall–Kier alpha value is -3.28. The van der Waals surface area contributed by atoms with Gasteiger partial charge >= 0.3 is 0 Å². The second-order valence-corrected chi connectivity index (χ2v) is 5.68. The van der Waals surface area contributed by atoms with E-state index in [2.05, 4.69) is 4.98 Å². The lowest BCUT2D eigenvalue weighted by molar-refractivity contribution is -0.384. The monoisotopic (exact) mass is 319 g/mol. The Labute approximate surface area is 136 Å². The summed E-state index contributed by atoms with van der Waals surface area (Å²) in [6, 6.07) is 13.9. The lowest BCUT2D eigenvalue weighted by Crippen LogP contribution is -2.14. The number of rotatable bonds is 2. The first-order valence-corrected chi connectivity index (χ1v) is 7.58. The molecule has 0 unspecified atom stereocenters. The highest BCUT2D eigenvalue weighted by atomic mass is 16.6. The fourth-order valence-electron chi connectivity index (χ4n) is 3.10. The molecule has 1 aromatic heterocycles.